The summed E-state index contributed by atoms with van der Waals surface area (Å²) in [6, 6.07) is 3.76. The van der Waals surface area contributed by atoms with Gasteiger partial charge in [-0.25, -0.2) is 8.42 Å². The first-order valence-electron chi connectivity index (χ1n) is 6.44. The maximum Gasteiger partial charge on any atom is 0.271 e. The lowest BCUT2D eigenvalue weighted by Crippen LogP contribution is -2.41. The maximum atomic E-state index is 12.7. The van der Waals surface area contributed by atoms with E-state index in [9.17, 15) is 18.5 Å². The SMILES string of the molecule is CNc1cc([N+](=O)[O-])ccc1S(=O)(=O)N1CCSC(C)C1. The number of benzene rings is 1. The molecule has 116 valence electrons. The summed E-state index contributed by atoms with van der Waals surface area (Å²) in [5.41, 5.74) is 0.107. The second kappa shape index (κ2) is 6.20. The number of non-ortho nitro benzene ring substituents is 1. The molecule has 0 aliphatic carbocycles. The molecule has 7 nitrogen and oxygen atoms in total. The lowest BCUT2D eigenvalue weighted by Gasteiger charge is -2.30. The molecule has 1 aliphatic rings. The van der Waals surface area contributed by atoms with Crippen molar-refractivity contribution in [2.75, 3.05) is 31.2 Å². The van der Waals surface area contributed by atoms with Crippen molar-refractivity contribution in [3.63, 3.8) is 0 Å². The zero-order chi connectivity index (χ0) is 15.6. The zero-order valence-electron chi connectivity index (χ0n) is 11.8. The van der Waals surface area contributed by atoms with Crippen molar-refractivity contribution in [3.8, 4) is 0 Å². The molecule has 2 rings (SSSR count). The van der Waals surface area contributed by atoms with Crippen LogP contribution < -0.4 is 5.32 Å². The van der Waals surface area contributed by atoms with Crippen molar-refractivity contribution in [1.82, 2.24) is 4.31 Å². The first kappa shape index (κ1) is 16.1. The molecule has 9 heteroatoms. The van der Waals surface area contributed by atoms with Crippen LogP contribution in [0.15, 0.2) is 23.1 Å². The highest BCUT2D eigenvalue weighted by molar-refractivity contribution is 8.00. The van der Waals surface area contributed by atoms with Gasteiger partial charge >= 0.3 is 0 Å². The zero-order valence-corrected chi connectivity index (χ0v) is 13.4. The topological polar surface area (TPSA) is 92.5 Å². The number of thioether (sulfide) groups is 1. The molecule has 1 saturated heterocycles. The number of hydrogen-bond acceptors (Lipinski definition) is 6. The quantitative estimate of drug-likeness (QED) is 0.667. The minimum atomic E-state index is -3.65. The molecule has 0 radical (unpaired) electrons. The van der Waals surface area contributed by atoms with Gasteiger partial charge in [0.05, 0.1) is 10.6 Å². The molecular weight excluding hydrogens is 314 g/mol. The normalized spacial score (nSPS) is 20.2. The first-order chi connectivity index (χ1) is 9.86. The molecule has 1 heterocycles. The van der Waals surface area contributed by atoms with Crippen molar-refractivity contribution in [1.29, 1.82) is 0 Å². The van der Waals surface area contributed by atoms with Crippen molar-refractivity contribution in [3.05, 3.63) is 28.3 Å². The molecule has 1 aliphatic heterocycles. The molecule has 1 unspecified atom stereocenters. The fourth-order valence-corrected chi connectivity index (χ4v) is 5.13. The van der Waals surface area contributed by atoms with Crippen LogP contribution >= 0.6 is 11.8 Å². The Hall–Kier alpha value is -1.32. The van der Waals surface area contributed by atoms with E-state index in [0.717, 1.165) is 5.75 Å². The van der Waals surface area contributed by atoms with Crippen LogP contribution in [0.3, 0.4) is 0 Å². The summed E-state index contributed by atoms with van der Waals surface area (Å²) >= 11 is 1.74. The van der Waals surface area contributed by atoms with Gasteiger partial charge in [-0.3, -0.25) is 10.1 Å². The van der Waals surface area contributed by atoms with Gasteiger partial charge in [-0.2, -0.15) is 16.1 Å². The van der Waals surface area contributed by atoms with Crippen LogP contribution in [0.4, 0.5) is 11.4 Å². The summed E-state index contributed by atoms with van der Waals surface area (Å²) < 4.78 is 26.8. The molecule has 1 aromatic rings. The summed E-state index contributed by atoms with van der Waals surface area (Å²) in [6.07, 6.45) is 0. The van der Waals surface area contributed by atoms with Gasteiger partial charge in [0, 0.05) is 43.3 Å². The molecule has 0 spiro atoms. The van der Waals surface area contributed by atoms with E-state index in [1.54, 1.807) is 18.8 Å². The molecule has 21 heavy (non-hydrogen) atoms. The first-order valence-corrected chi connectivity index (χ1v) is 8.93. The van der Waals surface area contributed by atoms with E-state index in [0.29, 0.717) is 13.1 Å². The van der Waals surface area contributed by atoms with Crippen LogP contribution in [0, 0.1) is 10.1 Å². The predicted molar refractivity (Wildman–Crippen MR) is 83.3 cm³/mol. The predicted octanol–water partition coefficient (Wildman–Crippen LogP) is 1.76. The monoisotopic (exact) mass is 331 g/mol. The molecule has 0 saturated carbocycles. The van der Waals surface area contributed by atoms with E-state index in [4.69, 9.17) is 0 Å². The van der Waals surface area contributed by atoms with E-state index < -0.39 is 14.9 Å². The summed E-state index contributed by atoms with van der Waals surface area (Å²) in [7, 11) is -2.10. The molecule has 0 amide bonds. The Balaban J connectivity index is 2.42. The van der Waals surface area contributed by atoms with Gasteiger partial charge in [0.15, 0.2) is 0 Å². The summed E-state index contributed by atoms with van der Waals surface area (Å²) in [4.78, 5) is 10.3. The maximum absolute atomic E-state index is 12.7. The molecule has 0 bridgehead atoms. The van der Waals surface area contributed by atoms with Gasteiger partial charge in [-0.1, -0.05) is 6.92 Å². The highest BCUT2D eigenvalue weighted by atomic mass is 32.2. The smallest absolute Gasteiger partial charge is 0.271 e. The summed E-state index contributed by atoms with van der Waals surface area (Å²) in [5.74, 6) is 0.752. The minimum absolute atomic E-state index is 0.0784. The third kappa shape index (κ3) is 3.30. The van der Waals surface area contributed by atoms with Crippen molar-refractivity contribution in [2.45, 2.75) is 17.1 Å². The average molecular weight is 331 g/mol. The number of rotatable bonds is 4. The Kier molecular flexibility index (Phi) is 4.74. The Morgan fingerprint density at radius 1 is 1.48 bits per heavy atom. The molecule has 1 aromatic carbocycles. The van der Waals surface area contributed by atoms with Crippen LogP contribution in [0.5, 0.6) is 0 Å². The van der Waals surface area contributed by atoms with Gasteiger partial charge < -0.3 is 5.32 Å². The van der Waals surface area contributed by atoms with Gasteiger partial charge in [0.25, 0.3) is 5.69 Å². The fraction of sp³-hybridized carbons (Fsp3) is 0.500. The van der Waals surface area contributed by atoms with Crippen LogP contribution in [0.2, 0.25) is 0 Å². The van der Waals surface area contributed by atoms with Gasteiger partial charge in [-0.05, 0) is 6.07 Å². The molecular formula is C12H17N3O4S2. The third-order valence-electron chi connectivity index (χ3n) is 3.26. The van der Waals surface area contributed by atoms with Gasteiger partial charge in [-0.15, -0.1) is 0 Å². The number of hydrogen-bond donors (Lipinski definition) is 1. The Morgan fingerprint density at radius 3 is 2.76 bits per heavy atom. The number of nitro groups is 1. The summed E-state index contributed by atoms with van der Waals surface area (Å²) in [5, 5.41) is 13.8. The average Bonchev–Trinajstić information content (AvgIpc) is 2.46. The van der Waals surface area contributed by atoms with Gasteiger partial charge in [0.1, 0.15) is 4.90 Å². The van der Waals surface area contributed by atoms with Gasteiger partial charge in [0.2, 0.25) is 10.0 Å². The van der Waals surface area contributed by atoms with Crippen molar-refractivity contribution in [2.24, 2.45) is 0 Å². The van der Waals surface area contributed by atoms with Crippen molar-refractivity contribution < 1.29 is 13.3 Å². The minimum Gasteiger partial charge on any atom is -0.387 e. The largest absolute Gasteiger partial charge is 0.387 e. The highest BCUT2D eigenvalue weighted by Gasteiger charge is 2.31. The van der Waals surface area contributed by atoms with Crippen LogP contribution in [-0.2, 0) is 10.0 Å². The highest BCUT2D eigenvalue weighted by Crippen LogP contribution is 2.30. The Labute approximate surface area is 127 Å². The summed E-state index contributed by atoms with van der Waals surface area (Å²) in [6.45, 7) is 2.89. The number of nitrogens with one attached hydrogen (secondary N) is 1. The molecule has 1 atom stereocenters. The molecule has 1 fully saturated rings. The molecule has 1 N–H and O–H groups in total. The van der Waals surface area contributed by atoms with E-state index in [1.165, 1.54) is 22.5 Å². The number of nitrogens with zero attached hydrogens (tertiary/aromatic N) is 2. The lowest BCUT2D eigenvalue weighted by molar-refractivity contribution is -0.384. The van der Waals surface area contributed by atoms with Crippen LogP contribution in [-0.4, -0.2) is 48.8 Å². The van der Waals surface area contributed by atoms with Crippen LogP contribution in [0.25, 0.3) is 0 Å². The van der Waals surface area contributed by atoms with Crippen LogP contribution in [0.1, 0.15) is 6.92 Å². The lowest BCUT2D eigenvalue weighted by atomic mass is 10.3. The van der Waals surface area contributed by atoms with E-state index in [-0.39, 0.29) is 21.5 Å². The van der Waals surface area contributed by atoms with Crippen molar-refractivity contribution >= 4 is 33.2 Å². The number of nitro benzene ring substituents is 1. The standard InChI is InChI=1S/C12H17N3O4S2/c1-9-8-14(5-6-20-9)21(18,19)12-4-3-10(15(16)17)7-11(12)13-2/h3-4,7,9,13H,5-6,8H2,1-2H3. The number of anilines is 1. The third-order valence-corrected chi connectivity index (χ3v) is 6.32. The second-order valence-corrected chi connectivity index (χ2v) is 8.18. The molecule has 0 aromatic heterocycles. The van der Waals surface area contributed by atoms with E-state index in [1.807, 2.05) is 6.92 Å². The van der Waals surface area contributed by atoms with E-state index >= 15 is 0 Å². The Bertz CT molecular complexity index is 648. The second-order valence-electron chi connectivity index (χ2n) is 4.73. The Morgan fingerprint density at radius 2 is 2.19 bits per heavy atom. The number of sulfonamides is 1. The van der Waals surface area contributed by atoms with E-state index in [2.05, 4.69) is 5.32 Å². The fourth-order valence-electron chi connectivity index (χ4n) is 2.20.